The fourth-order valence-electron chi connectivity index (χ4n) is 2.08. The standard InChI is InChI=1S/C17H16BrF2N3O2/c1-23(9-16(24)21-14-5-3-2-4-12(14)18)10-17(25)22-15-8-11(19)6-7-13(15)20/h2-8H,9-10H2,1H3,(H,21,24)(H,22,25). The molecule has 2 rings (SSSR count). The third-order valence-electron chi connectivity index (χ3n) is 3.18. The third-order valence-corrected chi connectivity index (χ3v) is 3.87. The van der Waals surface area contributed by atoms with Crippen molar-refractivity contribution in [2.24, 2.45) is 0 Å². The minimum absolute atomic E-state index is 0.0413. The van der Waals surface area contributed by atoms with Gasteiger partial charge in [-0.15, -0.1) is 0 Å². The quantitative estimate of drug-likeness (QED) is 0.766. The number of hydrogen-bond donors (Lipinski definition) is 2. The first-order valence-electron chi connectivity index (χ1n) is 7.33. The van der Waals surface area contributed by atoms with Crippen molar-refractivity contribution < 1.29 is 18.4 Å². The minimum Gasteiger partial charge on any atom is -0.324 e. The van der Waals surface area contributed by atoms with Crippen molar-refractivity contribution in [3.05, 3.63) is 58.6 Å². The molecular weight excluding hydrogens is 396 g/mol. The van der Waals surface area contributed by atoms with E-state index in [1.807, 2.05) is 6.07 Å². The smallest absolute Gasteiger partial charge is 0.238 e. The number of nitrogens with one attached hydrogen (secondary N) is 2. The first kappa shape index (κ1) is 19.0. The largest absolute Gasteiger partial charge is 0.324 e. The summed E-state index contributed by atoms with van der Waals surface area (Å²) in [5.74, 6) is -2.25. The normalized spacial score (nSPS) is 10.6. The number of carbonyl (C=O) groups excluding carboxylic acids is 2. The first-order valence-corrected chi connectivity index (χ1v) is 8.12. The summed E-state index contributed by atoms with van der Waals surface area (Å²) in [5, 5.41) is 4.99. The molecule has 8 heteroatoms. The molecule has 0 aliphatic carbocycles. The Kier molecular flexibility index (Phi) is 6.60. The second-order valence-corrected chi connectivity index (χ2v) is 6.23. The van der Waals surface area contributed by atoms with Gasteiger partial charge in [-0.05, 0) is 47.2 Å². The molecule has 0 saturated heterocycles. The molecule has 5 nitrogen and oxygen atoms in total. The molecule has 0 radical (unpaired) electrons. The van der Waals surface area contributed by atoms with Crippen LogP contribution in [0.1, 0.15) is 0 Å². The molecule has 2 amide bonds. The summed E-state index contributed by atoms with van der Waals surface area (Å²) in [5.41, 5.74) is 0.378. The van der Waals surface area contributed by atoms with Crippen molar-refractivity contribution >= 4 is 39.1 Å². The van der Waals surface area contributed by atoms with E-state index in [1.54, 1.807) is 25.2 Å². The van der Waals surface area contributed by atoms with Gasteiger partial charge in [-0.2, -0.15) is 0 Å². The Hall–Kier alpha value is -2.32. The molecule has 0 heterocycles. The molecule has 0 unspecified atom stereocenters. The lowest BCUT2D eigenvalue weighted by atomic mass is 10.3. The van der Waals surface area contributed by atoms with Gasteiger partial charge < -0.3 is 10.6 Å². The SMILES string of the molecule is CN(CC(=O)Nc1cc(F)ccc1F)CC(=O)Nc1ccccc1Br. The zero-order valence-electron chi connectivity index (χ0n) is 13.4. The molecule has 2 N–H and O–H groups in total. The average molecular weight is 412 g/mol. The van der Waals surface area contributed by atoms with Crippen molar-refractivity contribution in [3.8, 4) is 0 Å². The van der Waals surface area contributed by atoms with Crippen LogP contribution in [0, 0.1) is 11.6 Å². The van der Waals surface area contributed by atoms with Gasteiger partial charge in [0.05, 0.1) is 24.5 Å². The zero-order chi connectivity index (χ0) is 18.4. The van der Waals surface area contributed by atoms with E-state index in [2.05, 4.69) is 26.6 Å². The lowest BCUT2D eigenvalue weighted by Crippen LogP contribution is -2.36. The number of amides is 2. The van der Waals surface area contributed by atoms with Crippen LogP contribution in [0.2, 0.25) is 0 Å². The molecule has 2 aromatic rings. The molecule has 0 aromatic heterocycles. The highest BCUT2D eigenvalue weighted by Crippen LogP contribution is 2.21. The lowest BCUT2D eigenvalue weighted by molar-refractivity contribution is -0.119. The van der Waals surface area contributed by atoms with Gasteiger partial charge in [0.25, 0.3) is 0 Å². The summed E-state index contributed by atoms with van der Waals surface area (Å²) in [6, 6.07) is 9.92. The molecule has 0 aliphatic heterocycles. The van der Waals surface area contributed by atoms with Gasteiger partial charge in [-0.1, -0.05) is 12.1 Å². The van der Waals surface area contributed by atoms with Gasteiger partial charge in [0, 0.05) is 10.5 Å². The van der Waals surface area contributed by atoms with Crippen LogP contribution < -0.4 is 10.6 Å². The molecule has 0 aliphatic rings. The van der Waals surface area contributed by atoms with Crippen LogP contribution in [0.15, 0.2) is 46.9 Å². The summed E-state index contributed by atoms with van der Waals surface area (Å²) >= 11 is 3.32. The summed E-state index contributed by atoms with van der Waals surface area (Å²) in [6.07, 6.45) is 0. The maximum atomic E-state index is 13.5. The predicted molar refractivity (Wildman–Crippen MR) is 95.3 cm³/mol. The van der Waals surface area contributed by atoms with Gasteiger partial charge in [-0.25, -0.2) is 8.78 Å². The van der Waals surface area contributed by atoms with Gasteiger partial charge in [0.2, 0.25) is 11.8 Å². The maximum absolute atomic E-state index is 13.5. The fraction of sp³-hybridized carbons (Fsp3) is 0.176. The molecule has 25 heavy (non-hydrogen) atoms. The Morgan fingerprint density at radius 1 is 1.00 bits per heavy atom. The van der Waals surface area contributed by atoms with Crippen molar-refractivity contribution in [2.45, 2.75) is 0 Å². The van der Waals surface area contributed by atoms with Crippen LogP contribution in [0.4, 0.5) is 20.2 Å². The summed E-state index contributed by atoms with van der Waals surface area (Å²) < 4.78 is 27.3. The van der Waals surface area contributed by atoms with Gasteiger partial charge in [0.15, 0.2) is 0 Å². The summed E-state index contributed by atoms with van der Waals surface area (Å²) in [6.45, 7) is -0.195. The molecule has 0 bridgehead atoms. The first-order chi connectivity index (χ1) is 11.8. The molecule has 2 aromatic carbocycles. The minimum atomic E-state index is -0.732. The molecule has 132 valence electrons. The highest BCUT2D eigenvalue weighted by Gasteiger charge is 2.13. The predicted octanol–water partition coefficient (Wildman–Crippen LogP) is 3.24. The summed E-state index contributed by atoms with van der Waals surface area (Å²) in [7, 11) is 1.57. The van der Waals surface area contributed by atoms with E-state index in [1.165, 1.54) is 4.90 Å². The van der Waals surface area contributed by atoms with Gasteiger partial charge in [0.1, 0.15) is 11.6 Å². The molecule has 0 atom stereocenters. The number of benzene rings is 2. The van der Waals surface area contributed by atoms with Crippen molar-refractivity contribution in [3.63, 3.8) is 0 Å². The van der Waals surface area contributed by atoms with E-state index in [9.17, 15) is 18.4 Å². The number of hydrogen-bond acceptors (Lipinski definition) is 3. The Labute approximate surface area is 152 Å². The van der Waals surface area contributed by atoms with Crippen LogP contribution in [-0.4, -0.2) is 36.9 Å². The van der Waals surface area contributed by atoms with Crippen LogP contribution in [0.3, 0.4) is 0 Å². The van der Waals surface area contributed by atoms with Crippen molar-refractivity contribution in [2.75, 3.05) is 30.8 Å². The number of likely N-dealkylation sites (N-methyl/N-ethyl adjacent to an activating group) is 1. The van der Waals surface area contributed by atoms with E-state index in [0.29, 0.717) is 5.69 Å². The van der Waals surface area contributed by atoms with E-state index >= 15 is 0 Å². The molecule has 0 fully saturated rings. The van der Waals surface area contributed by atoms with Crippen molar-refractivity contribution in [1.29, 1.82) is 0 Å². The third kappa shape index (κ3) is 5.91. The zero-order valence-corrected chi connectivity index (χ0v) is 14.9. The number of nitrogens with zero attached hydrogens (tertiary/aromatic N) is 1. The number of para-hydroxylation sites is 1. The van der Waals surface area contributed by atoms with Crippen LogP contribution in [0.25, 0.3) is 0 Å². The monoisotopic (exact) mass is 411 g/mol. The Bertz CT molecular complexity index is 786. The number of rotatable bonds is 6. The van der Waals surface area contributed by atoms with Crippen LogP contribution in [0.5, 0.6) is 0 Å². The Balaban J connectivity index is 1.85. The lowest BCUT2D eigenvalue weighted by Gasteiger charge is -2.16. The number of carbonyl (C=O) groups is 2. The van der Waals surface area contributed by atoms with Gasteiger partial charge >= 0.3 is 0 Å². The maximum Gasteiger partial charge on any atom is 0.238 e. The average Bonchev–Trinajstić information content (AvgIpc) is 2.52. The highest BCUT2D eigenvalue weighted by molar-refractivity contribution is 9.10. The summed E-state index contributed by atoms with van der Waals surface area (Å²) in [4.78, 5) is 25.4. The van der Waals surface area contributed by atoms with Crippen molar-refractivity contribution in [1.82, 2.24) is 4.90 Å². The number of anilines is 2. The highest BCUT2D eigenvalue weighted by atomic mass is 79.9. The van der Waals surface area contributed by atoms with Crippen LogP contribution in [-0.2, 0) is 9.59 Å². The van der Waals surface area contributed by atoms with Crippen LogP contribution >= 0.6 is 15.9 Å². The van der Waals surface area contributed by atoms with Gasteiger partial charge in [-0.3, -0.25) is 14.5 Å². The second-order valence-electron chi connectivity index (χ2n) is 5.37. The van der Waals surface area contributed by atoms with E-state index in [-0.39, 0.29) is 24.7 Å². The number of halogens is 3. The van der Waals surface area contributed by atoms with E-state index < -0.39 is 17.5 Å². The Morgan fingerprint density at radius 2 is 1.60 bits per heavy atom. The topological polar surface area (TPSA) is 61.4 Å². The molecular formula is C17H16BrF2N3O2. The Morgan fingerprint density at radius 3 is 2.24 bits per heavy atom. The van der Waals surface area contributed by atoms with E-state index in [4.69, 9.17) is 0 Å². The molecule has 0 saturated carbocycles. The molecule has 0 spiro atoms. The fourth-order valence-corrected chi connectivity index (χ4v) is 2.47. The second kappa shape index (κ2) is 8.68. The van der Waals surface area contributed by atoms with E-state index in [0.717, 1.165) is 22.7 Å².